The van der Waals surface area contributed by atoms with Crippen LogP contribution in [0.25, 0.3) is 0 Å². The number of aromatic nitrogens is 2. The molecule has 2 heterocycles. The Morgan fingerprint density at radius 3 is 2.56 bits per heavy atom. The van der Waals surface area contributed by atoms with E-state index in [2.05, 4.69) is 15.3 Å². The first-order valence-electron chi connectivity index (χ1n) is 8.03. The number of hydrogen-bond acceptors (Lipinski definition) is 5. The molecule has 25 heavy (non-hydrogen) atoms. The molecule has 2 aromatic rings. The SMILES string of the molecule is CC(C)(C)c1ncc(NC(=O)c2cccc(N3CCOC3=O)c2)cn1. The summed E-state index contributed by atoms with van der Waals surface area (Å²) in [5, 5.41) is 2.77. The number of cyclic esters (lactones) is 1. The van der Waals surface area contributed by atoms with E-state index in [1.807, 2.05) is 20.8 Å². The highest BCUT2D eigenvalue weighted by molar-refractivity contribution is 6.05. The summed E-state index contributed by atoms with van der Waals surface area (Å²) in [6.07, 6.45) is 2.78. The molecule has 1 fully saturated rings. The van der Waals surface area contributed by atoms with Crippen molar-refractivity contribution in [1.82, 2.24) is 9.97 Å². The fourth-order valence-electron chi connectivity index (χ4n) is 2.43. The van der Waals surface area contributed by atoms with Gasteiger partial charge in [-0.15, -0.1) is 0 Å². The molecule has 1 aliphatic rings. The molecule has 1 aliphatic heterocycles. The number of rotatable bonds is 3. The van der Waals surface area contributed by atoms with Gasteiger partial charge in [0.05, 0.1) is 24.6 Å². The van der Waals surface area contributed by atoms with Gasteiger partial charge in [-0.1, -0.05) is 26.8 Å². The third kappa shape index (κ3) is 3.76. The molecule has 0 spiro atoms. The molecule has 2 amide bonds. The van der Waals surface area contributed by atoms with Gasteiger partial charge in [0.15, 0.2) is 0 Å². The zero-order valence-electron chi connectivity index (χ0n) is 14.4. The van der Waals surface area contributed by atoms with Gasteiger partial charge in [0.2, 0.25) is 0 Å². The number of nitrogens with one attached hydrogen (secondary N) is 1. The number of ether oxygens (including phenoxy) is 1. The molecule has 0 bridgehead atoms. The maximum absolute atomic E-state index is 12.4. The fraction of sp³-hybridized carbons (Fsp3) is 0.333. The minimum atomic E-state index is -0.399. The van der Waals surface area contributed by atoms with Crippen molar-refractivity contribution in [1.29, 1.82) is 0 Å². The Hall–Kier alpha value is -2.96. The van der Waals surface area contributed by atoms with Crippen LogP contribution in [0.4, 0.5) is 16.2 Å². The largest absolute Gasteiger partial charge is 0.447 e. The van der Waals surface area contributed by atoms with Crippen LogP contribution in [0.1, 0.15) is 37.0 Å². The summed E-state index contributed by atoms with van der Waals surface area (Å²) in [5.41, 5.74) is 1.44. The normalized spacial score (nSPS) is 14.4. The number of hydrogen-bond donors (Lipinski definition) is 1. The van der Waals surface area contributed by atoms with E-state index in [0.29, 0.717) is 35.9 Å². The van der Waals surface area contributed by atoms with Gasteiger partial charge in [0.1, 0.15) is 12.4 Å². The predicted octanol–water partition coefficient (Wildman–Crippen LogP) is 2.98. The highest BCUT2D eigenvalue weighted by atomic mass is 16.6. The first-order valence-corrected chi connectivity index (χ1v) is 8.03. The first-order chi connectivity index (χ1) is 11.8. The maximum atomic E-state index is 12.4. The van der Waals surface area contributed by atoms with Crippen LogP contribution in [-0.2, 0) is 10.2 Å². The molecular formula is C18H20N4O3. The van der Waals surface area contributed by atoms with E-state index < -0.39 is 6.09 Å². The summed E-state index contributed by atoms with van der Waals surface area (Å²) in [6.45, 7) is 6.90. The lowest BCUT2D eigenvalue weighted by molar-refractivity contribution is 0.102. The third-order valence-corrected chi connectivity index (χ3v) is 3.76. The van der Waals surface area contributed by atoms with E-state index >= 15 is 0 Å². The van der Waals surface area contributed by atoms with Crippen LogP contribution < -0.4 is 10.2 Å². The van der Waals surface area contributed by atoms with Gasteiger partial charge < -0.3 is 10.1 Å². The fourth-order valence-corrected chi connectivity index (χ4v) is 2.43. The van der Waals surface area contributed by atoms with Gasteiger partial charge in [-0.3, -0.25) is 9.69 Å². The summed E-state index contributed by atoms with van der Waals surface area (Å²) in [5.74, 6) is 0.418. The lowest BCUT2D eigenvalue weighted by atomic mass is 9.96. The monoisotopic (exact) mass is 340 g/mol. The zero-order valence-corrected chi connectivity index (χ0v) is 14.4. The van der Waals surface area contributed by atoms with Crippen LogP contribution in [0.2, 0.25) is 0 Å². The molecule has 0 radical (unpaired) electrons. The summed E-state index contributed by atoms with van der Waals surface area (Å²) in [7, 11) is 0. The topological polar surface area (TPSA) is 84.4 Å². The molecule has 0 atom stereocenters. The van der Waals surface area contributed by atoms with Crippen LogP contribution in [0.15, 0.2) is 36.7 Å². The molecule has 1 N–H and O–H groups in total. The van der Waals surface area contributed by atoms with E-state index in [1.165, 1.54) is 4.90 Å². The van der Waals surface area contributed by atoms with Gasteiger partial charge >= 0.3 is 6.09 Å². The molecule has 1 saturated heterocycles. The van der Waals surface area contributed by atoms with E-state index in [-0.39, 0.29) is 11.3 Å². The summed E-state index contributed by atoms with van der Waals surface area (Å²) < 4.78 is 4.92. The Bertz CT molecular complexity index is 797. The molecule has 7 nitrogen and oxygen atoms in total. The van der Waals surface area contributed by atoms with Crippen LogP contribution in [-0.4, -0.2) is 35.1 Å². The maximum Gasteiger partial charge on any atom is 0.414 e. The number of carbonyl (C=O) groups is 2. The summed E-state index contributed by atoms with van der Waals surface area (Å²) in [6, 6.07) is 6.84. The number of benzene rings is 1. The van der Waals surface area contributed by atoms with Crippen molar-refractivity contribution in [3.8, 4) is 0 Å². The molecule has 0 aliphatic carbocycles. The van der Waals surface area contributed by atoms with Gasteiger partial charge in [-0.05, 0) is 18.2 Å². The van der Waals surface area contributed by atoms with Crippen molar-refractivity contribution >= 4 is 23.4 Å². The van der Waals surface area contributed by atoms with Gasteiger partial charge in [0, 0.05) is 16.7 Å². The third-order valence-electron chi connectivity index (χ3n) is 3.76. The lowest BCUT2D eigenvalue weighted by Crippen LogP contribution is -2.23. The Kier molecular flexibility index (Phi) is 4.39. The Labute approximate surface area is 146 Å². The second-order valence-corrected chi connectivity index (χ2v) is 6.82. The predicted molar refractivity (Wildman–Crippen MR) is 93.8 cm³/mol. The highest BCUT2D eigenvalue weighted by Gasteiger charge is 2.24. The van der Waals surface area contributed by atoms with E-state index in [4.69, 9.17) is 4.74 Å². The minimum Gasteiger partial charge on any atom is -0.447 e. The van der Waals surface area contributed by atoms with Crippen molar-refractivity contribution in [3.05, 3.63) is 48.0 Å². The molecule has 0 unspecified atom stereocenters. The molecular weight excluding hydrogens is 320 g/mol. The zero-order chi connectivity index (χ0) is 18.0. The number of amides is 2. The smallest absolute Gasteiger partial charge is 0.414 e. The Morgan fingerprint density at radius 2 is 1.96 bits per heavy atom. The van der Waals surface area contributed by atoms with Gasteiger partial charge in [0.25, 0.3) is 5.91 Å². The number of nitrogens with zero attached hydrogens (tertiary/aromatic N) is 3. The first kappa shape index (κ1) is 16.9. The average Bonchev–Trinajstić information content (AvgIpc) is 3.01. The summed E-state index contributed by atoms with van der Waals surface area (Å²) in [4.78, 5) is 34.2. The van der Waals surface area contributed by atoms with Crippen LogP contribution in [0, 0.1) is 0 Å². The quantitative estimate of drug-likeness (QED) is 0.928. The van der Waals surface area contributed by atoms with E-state index in [1.54, 1.807) is 36.7 Å². The highest BCUT2D eigenvalue weighted by Crippen LogP contribution is 2.21. The number of anilines is 2. The van der Waals surface area contributed by atoms with Crippen molar-refractivity contribution < 1.29 is 14.3 Å². The van der Waals surface area contributed by atoms with E-state index in [9.17, 15) is 9.59 Å². The van der Waals surface area contributed by atoms with Crippen molar-refractivity contribution in [2.45, 2.75) is 26.2 Å². The van der Waals surface area contributed by atoms with Crippen molar-refractivity contribution in [2.75, 3.05) is 23.4 Å². The van der Waals surface area contributed by atoms with Crippen LogP contribution in [0.3, 0.4) is 0 Å². The Balaban J connectivity index is 1.74. The lowest BCUT2D eigenvalue weighted by Gasteiger charge is -2.16. The van der Waals surface area contributed by atoms with Crippen molar-refractivity contribution in [2.24, 2.45) is 0 Å². The average molecular weight is 340 g/mol. The molecule has 1 aromatic carbocycles. The molecule has 3 rings (SSSR count). The molecule has 130 valence electrons. The molecule has 7 heteroatoms. The van der Waals surface area contributed by atoms with Gasteiger partial charge in [-0.2, -0.15) is 0 Å². The second-order valence-electron chi connectivity index (χ2n) is 6.82. The summed E-state index contributed by atoms with van der Waals surface area (Å²) >= 11 is 0. The standard InChI is InChI=1S/C18H20N4O3/c1-18(2,3)16-19-10-13(11-20-16)21-15(23)12-5-4-6-14(9-12)22-7-8-25-17(22)24/h4-6,9-11H,7-8H2,1-3H3,(H,21,23). The van der Waals surface area contributed by atoms with Crippen molar-refractivity contribution in [3.63, 3.8) is 0 Å². The number of carbonyl (C=O) groups excluding carboxylic acids is 2. The minimum absolute atomic E-state index is 0.152. The molecule has 0 saturated carbocycles. The van der Waals surface area contributed by atoms with E-state index in [0.717, 1.165) is 0 Å². The second kappa shape index (κ2) is 6.51. The Morgan fingerprint density at radius 1 is 1.24 bits per heavy atom. The van der Waals surface area contributed by atoms with Crippen LogP contribution in [0.5, 0.6) is 0 Å². The van der Waals surface area contributed by atoms with Crippen LogP contribution >= 0.6 is 0 Å². The van der Waals surface area contributed by atoms with Gasteiger partial charge in [-0.25, -0.2) is 14.8 Å². The molecule has 1 aromatic heterocycles.